The Bertz CT molecular complexity index is 405. The lowest BCUT2D eigenvalue weighted by atomic mass is 10.0. The fraction of sp³-hybridized carbons (Fsp3) is 0.625. The summed E-state index contributed by atoms with van der Waals surface area (Å²) in [5.41, 5.74) is 1.33. The summed E-state index contributed by atoms with van der Waals surface area (Å²) in [6, 6.07) is 8.23. The summed E-state index contributed by atoms with van der Waals surface area (Å²) in [5, 5.41) is 0.832. The van der Waals surface area contributed by atoms with Gasteiger partial charge in [-0.1, -0.05) is 30.7 Å². The molecule has 2 rings (SSSR count). The van der Waals surface area contributed by atoms with Crippen LogP contribution in [0.5, 0.6) is 0 Å². The van der Waals surface area contributed by atoms with Crippen LogP contribution in [0, 0.1) is 0 Å². The SMILES string of the molecule is COCCN1CCN(CC(C)c2cccc(Cl)c2)CC1. The number of hydrogen-bond donors (Lipinski definition) is 0. The quantitative estimate of drug-likeness (QED) is 0.803. The highest BCUT2D eigenvalue weighted by atomic mass is 35.5. The zero-order valence-electron chi connectivity index (χ0n) is 12.5. The minimum Gasteiger partial charge on any atom is -0.383 e. The van der Waals surface area contributed by atoms with E-state index in [1.165, 1.54) is 5.56 Å². The van der Waals surface area contributed by atoms with E-state index < -0.39 is 0 Å². The van der Waals surface area contributed by atoms with Crippen molar-refractivity contribution in [2.45, 2.75) is 12.8 Å². The summed E-state index contributed by atoms with van der Waals surface area (Å²) in [6.07, 6.45) is 0. The van der Waals surface area contributed by atoms with Crippen LogP contribution < -0.4 is 0 Å². The van der Waals surface area contributed by atoms with Crippen LogP contribution in [0.25, 0.3) is 0 Å². The van der Waals surface area contributed by atoms with Crippen LogP contribution in [0.4, 0.5) is 0 Å². The van der Waals surface area contributed by atoms with Crippen molar-refractivity contribution in [3.05, 3.63) is 34.9 Å². The lowest BCUT2D eigenvalue weighted by Gasteiger charge is -2.35. The fourth-order valence-corrected chi connectivity index (χ4v) is 2.92. The van der Waals surface area contributed by atoms with Gasteiger partial charge in [0.15, 0.2) is 0 Å². The molecule has 20 heavy (non-hydrogen) atoms. The van der Waals surface area contributed by atoms with Crippen molar-refractivity contribution < 1.29 is 4.74 Å². The molecule has 3 nitrogen and oxygen atoms in total. The number of methoxy groups -OCH3 is 1. The maximum Gasteiger partial charge on any atom is 0.0589 e. The van der Waals surface area contributed by atoms with Crippen LogP contribution in [0.2, 0.25) is 5.02 Å². The molecule has 4 heteroatoms. The first-order chi connectivity index (χ1) is 9.69. The van der Waals surface area contributed by atoms with Crippen molar-refractivity contribution in [2.75, 3.05) is 53.0 Å². The molecular weight excluding hydrogens is 272 g/mol. The first-order valence-electron chi connectivity index (χ1n) is 7.38. The van der Waals surface area contributed by atoms with Crippen LogP contribution in [-0.2, 0) is 4.74 Å². The third-order valence-electron chi connectivity index (χ3n) is 4.03. The molecule has 112 valence electrons. The summed E-state index contributed by atoms with van der Waals surface area (Å²) in [5.74, 6) is 0.527. The van der Waals surface area contributed by atoms with Crippen LogP contribution in [0.15, 0.2) is 24.3 Å². The maximum atomic E-state index is 6.07. The minimum atomic E-state index is 0.527. The second kappa shape index (κ2) is 7.99. The molecule has 1 aliphatic heterocycles. The lowest BCUT2D eigenvalue weighted by Crippen LogP contribution is -2.48. The maximum absolute atomic E-state index is 6.07. The molecule has 1 heterocycles. The van der Waals surface area contributed by atoms with Crippen molar-refractivity contribution in [2.24, 2.45) is 0 Å². The smallest absolute Gasteiger partial charge is 0.0589 e. The van der Waals surface area contributed by atoms with Gasteiger partial charge in [0.05, 0.1) is 6.61 Å². The Kier molecular flexibility index (Phi) is 6.30. The molecule has 0 spiro atoms. The molecule has 0 bridgehead atoms. The number of ether oxygens (including phenoxy) is 1. The summed E-state index contributed by atoms with van der Waals surface area (Å²) in [6.45, 7) is 9.86. The van der Waals surface area contributed by atoms with Crippen molar-refractivity contribution in [1.82, 2.24) is 9.80 Å². The highest BCUT2D eigenvalue weighted by Gasteiger charge is 2.18. The van der Waals surface area contributed by atoms with Gasteiger partial charge in [-0.3, -0.25) is 4.90 Å². The molecule has 1 fully saturated rings. The molecule has 0 saturated carbocycles. The zero-order valence-corrected chi connectivity index (χ0v) is 13.3. The zero-order chi connectivity index (χ0) is 14.4. The molecule has 0 amide bonds. The number of rotatable bonds is 6. The monoisotopic (exact) mass is 296 g/mol. The Hall–Kier alpha value is -0.610. The van der Waals surface area contributed by atoms with Crippen LogP contribution in [0.1, 0.15) is 18.4 Å². The standard InChI is InChI=1S/C16H25ClN2O/c1-14(15-4-3-5-16(17)12-15)13-19-8-6-18(7-9-19)10-11-20-2/h3-5,12,14H,6-11,13H2,1-2H3. The Morgan fingerprint density at radius 3 is 2.55 bits per heavy atom. The van der Waals surface area contributed by atoms with Gasteiger partial charge >= 0.3 is 0 Å². The van der Waals surface area contributed by atoms with Crippen molar-refractivity contribution in [3.8, 4) is 0 Å². The van der Waals surface area contributed by atoms with Gasteiger partial charge in [0, 0.05) is 51.4 Å². The predicted octanol–water partition coefficient (Wildman–Crippen LogP) is 2.71. The molecule has 0 radical (unpaired) electrons. The molecule has 1 aromatic carbocycles. The summed E-state index contributed by atoms with van der Waals surface area (Å²) < 4.78 is 5.14. The largest absolute Gasteiger partial charge is 0.383 e. The van der Waals surface area contributed by atoms with Gasteiger partial charge in [0.25, 0.3) is 0 Å². The average Bonchev–Trinajstić information content (AvgIpc) is 2.46. The Morgan fingerprint density at radius 1 is 1.20 bits per heavy atom. The number of piperazine rings is 1. The molecule has 1 aliphatic rings. The van der Waals surface area contributed by atoms with Gasteiger partial charge in [-0.15, -0.1) is 0 Å². The molecule has 0 aliphatic carbocycles. The van der Waals surface area contributed by atoms with E-state index in [4.69, 9.17) is 16.3 Å². The first-order valence-corrected chi connectivity index (χ1v) is 7.76. The van der Waals surface area contributed by atoms with Crippen molar-refractivity contribution in [3.63, 3.8) is 0 Å². The molecule has 0 aromatic heterocycles. The Morgan fingerprint density at radius 2 is 1.90 bits per heavy atom. The third-order valence-corrected chi connectivity index (χ3v) is 4.26. The van der Waals surface area contributed by atoms with Crippen molar-refractivity contribution in [1.29, 1.82) is 0 Å². The van der Waals surface area contributed by atoms with Crippen LogP contribution in [0.3, 0.4) is 0 Å². The molecule has 1 saturated heterocycles. The summed E-state index contributed by atoms with van der Waals surface area (Å²) in [4.78, 5) is 5.03. The molecular formula is C16H25ClN2O. The number of halogens is 1. The third kappa shape index (κ3) is 4.74. The van der Waals surface area contributed by atoms with E-state index in [2.05, 4.69) is 28.9 Å². The van der Waals surface area contributed by atoms with E-state index in [9.17, 15) is 0 Å². The van der Waals surface area contributed by atoms with Crippen molar-refractivity contribution >= 4 is 11.6 Å². The van der Waals surface area contributed by atoms with Crippen LogP contribution in [-0.4, -0.2) is 62.8 Å². The number of nitrogens with zero attached hydrogens (tertiary/aromatic N) is 2. The minimum absolute atomic E-state index is 0.527. The predicted molar refractivity (Wildman–Crippen MR) is 84.6 cm³/mol. The summed E-state index contributed by atoms with van der Waals surface area (Å²) in [7, 11) is 1.77. The fourth-order valence-electron chi connectivity index (χ4n) is 2.72. The number of benzene rings is 1. The van der Waals surface area contributed by atoms with E-state index in [-0.39, 0.29) is 0 Å². The van der Waals surface area contributed by atoms with Crippen LogP contribution >= 0.6 is 11.6 Å². The lowest BCUT2D eigenvalue weighted by molar-refractivity contribution is 0.0947. The van der Waals surface area contributed by atoms with E-state index >= 15 is 0 Å². The summed E-state index contributed by atoms with van der Waals surface area (Å²) >= 11 is 6.07. The van der Waals surface area contributed by atoms with E-state index in [0.717, 1.165) is 50.9 Å². The van der Waals surface area contributed by atoms with Gasteiger partial charge in [-0.2, -0.15) is 0 Å². The molecule has 0 N–H and O–H groups in total. The van der Waals surface area contributed by atoms with Gasteiger partial charge < -0.3 is 9.64 Å². The normalized spacial score (nSPS) is 19.1. The van der Waals surface area contributed by atoms with E-state index in [1.807, 2.05) is 12.1 Å². The average molecular weight is 297 g/mol. The molecule has 1 aromatic rings. The van der Waals surface area contributed by atoms with Gasteiger partial charge in [0.1, 0.15) is 0 Å². The molecule has 1 atom stereocenters. The van der Waals surface area contributed by atoms with Gasteiger partial charge in [0.2, 0.25) is 0 Å². The van der Waals surface area contributed by atoms with E-state index in [1.54, 1.807) is 7.11 Å². The number of hydrogen-bond acceptors (Lipinski definition) is 3. The first kappa shape index (κ1) is 15.8. The highest BCUT2D eigenvalue weighted by Crippen LogP contribution is 2.20. The highest BCUT2D eigenvalue weighted by molar-refractivity contribution is 6.30. The second-order valence-corrected chi connectivity index (χ2v) is 6.03. The topological polar surface area (TPSA) is 15.7 Å². The van der Waals surface area contributed by atoms with Gasteiger partial charge in [-0.25, -0.2) is 0 Å². The van der Waals surface area contributed by atoms with Gasteiger partial charge in [-0.05, 0) is 23.6 Å². The second-order valence-electron chi connectivity index (χ2n) is 5.59. The molecule has 1 unspecified atom stereocenters. The Balaban J connectivity index is 1.77. The van der Waals surface area contributed by atoms with E-state index in [0.29, 0.717) is 5.92 Å². The Labute approximate surface area is 127 Å².